The quantitative estimate of drug-likeness (QED) is 0.810. The summed E-state index contributed by atoms with van der Waals surface area (Å²) >= 11 is 0. The topological polar surface area (TPSA) is 110 Å². The molecule has 1 aromatic carbocycles. The molecule has 1 aliphatic heterocycles. The van der Waals surface area contributed by atoms with Gasteiger partial charge in [-0.2, -0.15) is 0 Å². The number of pyridine rings is 1. The fraction of sp³-hybridized carbons (Fsp3) is 0.133. The molecule has 2 amide bonds. The standard InChI is InChI=1S/C15H13N3O4S.ClH/c16-23(21,22)11-5-3-10(4-6-11)7-9-18-14(19)12-2-1-8-17-13(12)15(18)20;/h1-6,8H,7,9H2,(H2,16,21,22);1H. The zero-order chi connectivity index (χ0) is 16.6. The molecule has 0 radical (unpaired) electrons. The Bertz CT molecular complexity index is 862. The molecule has 7 nitrogen and oxygen atoms in total. The summed E-state index contributed by atoms with van der Waals surface area (Å²) < 4.78 is 22.4. The van der Waals surface area contributed by atoms with Gasteiger partial charge >= 0.3 is 0 Å². The second-order valence-electron chi connectivity index (χ2n) is 5.10. The van der Waals surface area contributed by atoms with Gasteiger partial charge in [0.05, 0.1) is 10.5 Å². The van der Waals surface area contributed by atoms with Crippen LogP contribution in [0.2, 0.25) is 0 Å². The smallest absolute Gasteiger partial charge is 0.273 e. The Morgan fingerprint density at radius 3 is 2.29 bits per heavy atom. The van der Waals surface area contributed by atoms with Gasteiger partial charge in [0.25, 0.3) is 11.8 Å². The lowest BCUT2D eigenvalue weighted by molar-refractivity contribution is 0.0654. The highest BCUT2D eigenvalue weighted by atomic mass is 35.5. The minimum absolute atomic E-state index is 0. The maximum atomic E-state index is 12.2. The molecule has 2 N–H and O–H groups in total. The Labute approximate surface area is 144 Å². The molecular weight excluding hydrogens is 354 g/mol. The third-order valence-corrected chi connectivity index (χ3v) is 4.54. The van der Waals surface area contributed by atoms with Gasteiger partial charge in [0.1, 0.15) is 5.69 Å². The monoisotopic (exact) mass is 367 g/mol. The van der Waals surface area contributed by atoms with Crippen molar-refractivity contribution in [1.82, 2.24) is 9.88 Å². The minimum Gasteiger partial charge on any atom is -0.273 e. The van der Waals surface area contributed by atoms with Crippen LogP contribution in [0.4, 0.5) is 0 Å². The molecule has 1 aromatic heterocycles. The fourth-order valence-corrected chi connectivity index (χ4v) is 2.92. The molecule has 0 aliphatic carbocycles. The number of carbonyl (C=O) groups is 2. The van der Waals surface area contributed by atoms with Crippen LogP contribution < -0.4 is 5.14 Å². The van der Waals surface area contributed by atoms with Gasteiger partial charge in [0.2, 0.25) is 10.0 Å². The molecule has 2 aromatic rings. The van der Waals surface area contributed by atoms with Gasteiger partial charge in [-0.1, -0.05) is 12.1 Å². The van der Waals surface area contributed by atoms with E-state index in [1.54, 1.807) is 24.3 Å². The summed E-state index contributed by atoms with van der Waals surface area (Å²) in [4.78, 5) is 29.4. The number of amides is 2. The SMILES string of the molecule is Cl.NS(=O)(=O)c1ccc(CCN2C(=O)c3cccnc3C2=O)cc1. The largest absolute Gasteiger partial charge is 0.280 e. The number of imide groups is 1. The van der Waals surface area contributed by atoms with Crippen LogP contribution in [-0.2, 0) is 16.4 Å². The number of aromatic nitrogens is 1. The predicted octanol–water partition coefficient (Wildman–Crippen LogP) is 0.990. The third kappa shape index (κ3) is 3.30. The number of hydrogen-bond donors (Lipinski definition) is 1. The van der Waals surface area contributed by atoms with Crippen molar-refractivity contribution >= 4 is 34.2 Å². The van der Waals surface area contributed by atoms with E-state index < -0.39 is 15.9 Å². The lowest BCUT2D eigenvalue weighted by Gasteiger charge is -2.13. The molecule has 0 spiro atoms. The molecule has 0 saturated carbocycles. The first-order valence-electron chi connectivity index (χ1n) is 6.81. The van der Waals surface area contributed by atoms with Crippen LogP contribution in [-0.4, -0.2) is 36.7 Å². The minimum atomic E-state index is -3.73. The highest BCUT2D eigenvalue weighted by Gasteiger charge is 2.36. The average Bonchev–Trinajstić information content (AvgIpc) is 2.77. The van der Waals surface area contributed by atoms with Crippen molar-refractivity contribution < 1.29 is 18.0 Å². The first kappa shape index (κ1) is 18.1. The maximum absolute atomic E-state index is 12.2. The van der Waals surface area contributed by atoms with Crippen LogP contribution in [0.15, 0.2) is 47.5 Å². The molecular formula is C15H14ClN3O4S. The molecule has 0 unspecified atom stereocenters. The van der Waals surface area contributed by atoms with Gasteiger partial charge in [0, 0.05) is 12.7 Å². The van der Waals surface area contributed by atoms with Crippen LogP contribution in [0, 0.1) is 0 Å². The van der Waals surface area contributed by atoms with Crippen molar-refractivity contribution in [2.75, 3.05) is 6.54 Å². The molecule has 0 bridgehead atoms. The first-order valence-corrected chi connectivity index (χ1v) is 8.35. The molecule has 0 atom stereocenters. The lowest BCUT2D eigenvalue weighted by Crippen LogP contribution is -2.31. The van der Waals surface area contributed by atoms with E-state index in [1.807, 2.05) is 0 Å². The van der Waals surface area contributed by atoms with Crippen molar-refractivity contribution in [2.24, 2.45) is 5.14 Å². The number of carbonyl (C=O) groups excluding carboxylic acids is 2. The third-order valence-electron chi connectivity index (χ3n) is 3.61. The van der Waals surface area contributed by atoms with Gasteiger partial charge in [-0.15, -0.1) is 12.4 Å². The number of nitrogens with zero attached hydrogens (tertiary/aromatic N) is 2. The fourth-order valence-electron chi connectivity index (χ4n) is 2.40. The lowest BCUT2D eigenvalue weighted by atomic mass is 10.1. The van der Waals surface area contributed by atoms with Gasteiger partial charge < -0.3 is 0 Å². The second kappa shape index (κ2) is 6.68. The predicted molar refractivity (Wildman–Crippen MR) is 88.4 cm³/mol. The van der Waals surface area contributed by atoms with Gasteiger partial charge in [-0.05, 0) is 36.2 Å². The number of halogens is 1. The molecule has 3 rings (SSSR count). The second-order valence-corrected chi connectivity index (χ2v) is 6.66. The summed E-state index contributed by atoms with van der Waals surface area (Å²) in [6.07, 6.45) is 1.88. The number of hydrogen-bond acceptors (Lipinski definition) is 5. The van der Waals surface area contributed by atoms with Crippen molar-refractivity contribution in [3.8, 4) is 0 Å². The molecule has 9 heteroatoms. The summed E-state index contributed by atoms with van der Waals surface area (Å²) in [5.41, 5.74) is 1.27. The summed E-state index contributed by atoms with van der Waals surface area (Å²) in [7, 11) is -3.73. The van der Waals surface area contributed by atoms with Gasteiger partial charge in [-0.25, -0.2) is 13.6 Å². The van der Waals surface area contributed by atoms with Crippen LogP contribution in [0.25, 0.3) is 0 Å². The normalized spacial score (nSPS) is 13.6. The zero-order valence-corrected chi connectivity index (χ0v) is 14.0. The highest BCUT2D eigenvalue weighted by Crippen LogP contribution is 2.20. The molecule has 1 aliphatic rings. The van der Waals surface area contributed by atoms with E-state index in [0.717, 1.165) is 10.5 Å². The Kier molecular flexibility index (Phi) is 5.02. The molecule has 0 saturated heterocycles. The van der Waals surface area contributed by atoms with Crippen LogP contribution >= 0.6 is 12.4 Å². The Balaban J connectivity index is 0.00000208. The van der Waals surface area contributed by atoms with E-state index in [4.69, 9.17) is 5.14 Å². The zero-order valence-electron chi connectivity index (χ0n) is 12.4. The van der Waals surface area contributed by atoms with E-state index in [9.17, 15) is 18.0 Å². The maximum Gasteiger partial charge on any atom is 0.280 e. The number of benzene rings is 1. The van der Waals surface area contributed by atoms with Crippen LogP contribution in [0.1, 0.15) is 26.4 Å². The Morgan fingerprint density at radius 2 is 1.71 bits per heavy atom. The van der Waals surface area contributed by atoms with Crippen molar-refractivity contribution in [2.45, 2.75) is 11.3 Å². The number of rotatable bonds is 4. The van der Waals surface area contributed by atoms with Crippen molar-refractivity contribution in [1.29, 1.82) is 0 Å². The molecule has 2 heterocycles. The number of primary sulfonamides is 1. The van der Waals surface area contributed by atoms with E-state index in [-0.39, 0.29) is 35.4 Å². The van der Waals surface area contributed by atoms with Gasteiger partial charge in [0.15, 0.2) is 0 Å². The summed E-state index contributed by atoms with van der Waals surface area (Å²) in [5, 5.41) is 5.03. The van der Waals surface area contributed by atoms with E-state index in [1.165, 1.54) is 18.3 Å². The highest BCUT2D eigenvalue weighted by molar-refractivity contribution is 7.89. The van der Waals surface area contributed by atoms with Gasteiger partial charge in [-0.3, -0.25) is 19.5 Å². The average molecular weight is 368 g/mol. The first-order chi connectivity index (χ1) is 10.9. The van der Waals surface area contributed by atoms with E-state index in [0.29, 0.717) is 12.0 Å². The summed E-state index contributed by atoms with van der Waals surface area (Å²) in [6, 6.07) is 9.19. The van der Waals surface area contributed by atoms with Crippen molar-refractivity contribution in [3.63, 3.8) is 0 Å². The Morgan fingerprint density at radius 1 is 1.04 bits per heavy atom. The molecule has 0 fully saturated rings. The van der Waals surface area contributed by atoms with Crippen LogP contribution in [0.5, 0.6) is 0 Å². The number of nitrogens with two attached hydrogens (primary N) is 1. The summed E-state index contributed by atoms with van der Waals surface area (Å²) in [6.45, 7) is 0.197. The van der Waals surface area contributed by atoms with Crippen LogP contribution in [0.3, 0.4) is 0 Å². The van der Waals surface area contributed by atoms with E-state index >= 15 is 0 Å². The van der Waals surface area contributed by atoms with Crippen molar-refractivity contribution in [3.05, 3.63) is 59.4 Å². The van der Waals surface area contributed by atoms with E-state index in [2.05, 4.69) is 4.98 Å². The number of fused-ring (bicyclic) bond motifs is 1. The molecule has 126 valence electrons. The molecule has 24 heavy (non-hydrogen) atoms. The Hall–Kier alpha value is -2.29. The summed E-state index contributed by atoms with van der Waals surface area (Å²) in [5.74, 6) is -0.772. The number of sulfonamides is 1.